The van der Waals surface area contributed by atoms with Crippen LogP contribution >= 0.6 is 0 Å². The average molecular weight is 485 g/mol. The van der Waals surface area contributed by atoms with Gasteiger partial charge in [0.2, 0.25) is 12.7 Å². The Morgan fingerprint density at radius 1 is 1.06 bits per heavy atom. The molecule has 2 N–H and O–H groups in total. The number of ether oxygens (including phenoxy) is 2. The van der Waals surface area contributed by atoms with E-state index >= 15 is 0 Å². The normalized spacial score (nSPS) is 18.8. The van der Waals surface area contributed by atoms with Crippen molar-refractivity contribution in [1.82, 2.24) is 19.7 Å². The van der Waals surface area contributed by atoms with Gasteiger partial charge in [-0.15, -0.1) is 0 Å². The molecule has 2 aliphatic rings. The standard InChI is InChI=1S/C28H29N5O3/c34-27(29-16-21-10-11-25-26(15-21)36-20-35-25)22-7-6-12-31(18-22)19-23-17-30-33(24-8-2-1-3-9-24)28(23)32-13-4-5-14-32/h1-5,8-11,13-15,17,22H,6-7,12,16,18-20H2,(H,29,34)/p+1. The molecule has 8 heteroatoms. The molecular formula is C28H30N5O3+. The number of quaternary nitrogens is 1. The number of amides is 1. The van der Waals surface area contributed by atoms with Gasteiger partial charge < -0.3 is 24.3 Å². The summed E-state index contributed by atoms with van der Waals surface area (Å²) in [6.45, 7) is 3.43. The van der Waals surface area contributed by atoms with Crippen LogP contribution in [0.4, 0.5) is 0 Å². The number of carbonyl (C=O) groups excluding carboxylic acids is 1. The fraction of sp³-hybridized carbons (Fsp3) is 0.286. The Bertz CT molecular complexity index is 1330. The molecule has 1 fully saturated rings. The van der Waals surface area contributed by atoms with E-state index in [1.807, 2.05) is 59.4 Å². The molecule has 1 amide bonds. The Kier molecular flexibility index (Phi) is 6.17. The van der Waals surface area contributed by atoms with Crippen LogP contribution in [-0.2, 0) is 17.9 Å². The van der Waals surface area contributed by atoms with Crippen LogP contribution in [0.15, 0.2) is 79.3 Å². The molecule has 2 unspecified atom stereocenters. The molecule has 8 nitrogen and oxygen atoms in total. The van der Waals surface area contributed by atoms with E-state index in [1.165, 1.54) is 10.5 Å². The lowest BCUT2D eigenvalue weighted by atomic mass is 9.96. The molecule has 4 aromatic rings. The Labute approximate surface area is 210 Å². The first kappa shape index (κ1) is 22.4. The van der Waals surface area contributed by atoms with Crippen LogP contribution < -0.4 is 19.7 Å². The lowest BCUT2D eigenvalue weighted by Gasteiger charge is -2.29. The number of piperidine rings is 1. The summed E-state index contributed by atoms with van der Waals surface area (Å²) in [6, 6.07) is 20.1. The van der Waals surface area contributed by atoms with Crippen molar-refractivity contribution < 1.29 is 19.2 Å². The third-order valence-electron chi connectivity index (χ3n) is 7.00. The van der Waals surface area contributed by atoms with Gasteiger partial charge in [0.05, 0.1) is 36.5 Å². The molecule has 0 radical (unpaired) electrons. The smallest absolute Gasteiger partial charge is 0.231 e. The summed E-state index contributed by atoms with van der Waals surface area (Å²) in [5, 5.41) is 7.87. The summed E-state index contributed by atoms with van der Waals surface area (Å²) in [5.41, 5.74) is 3.21. The van der Waals surface area contributed by atoms with E-state index < -0.39 is 0 Å². The predicted octanol–water partition coefficient (Wildman–Crippen LogP) is 2.50. The van der Waals surface area contributed by atoms with Crippen molar-refractivity contribution in [1.29, 1.82) is 0 Å². The second kappa shape index (κ2) is 9.91. The maximum absolute atomic E-state index is 13.0. The van der Waals surface area contributed by atoms with E-state index in [1.54, 1.807) is 0 Å². The van der Waals surface area contributed by atoms with Crippen LogP contribution in [0, 0.1) is 5.92 Å². The molecule has 184 valence electrons. The largest absolute Gasteiger partial charge is 0.454 e. The van der Waals surface area contributed by atoms with Gasteiger partial charge in [0.1, 0.15) is 12.4 Å². The van der Waals surface area contributed by atoms with Crippen LogP contribution in [0.5, 0.6) is 11.5 Å². The van der Waals surface area contributed by atoms with E-state index in [0.29, 0.717) is 6.54 Å². The number of hydrogen-bond donors (Lipinski definition) is 2. The highest BCUT2D eigenvalue weighted by atomic mass is 16.7. The van der Waals surface area contributed by atoms with Crippen LogP contribution in [0.25, 0.3) is 11.5 Å². The Morgan fingerprint density at radius 3 is 2.75 bits per heavy atom. The van der Waals surface area contributed by atoms with Gasteiger partial charge in [0.15, 0.2) is 11.5 Å². The van der Waals surface area contributed by atoms with Crippen molar-refractivity contribution in [2.75, 3.05) is 19.9 Å². The first-order valence-corrected chi connectivity index (χ1v) is 12.5. The molecule has 2 aromatic heterocycles. The molecule has 36 heavy (non-hydrogen) atoms. The summed E-state index contributed by atoms with van der Waals surface area (Å²) in [6.07, 6.45) is 8.03. The van der Waals surface area contributed by atoms with Crippen molar-refractivity contribution in [3.05, 3.63) is 90.4 Å². The minimum Gasteiger partial charge on any atom is -0.454 e. The number of nitrogens with zero attached hydrogens (tertiary/aromatic N) is 3. The first-order chi connectivity index (χ1) is 17.7. The quantitative estimate of drug-likeness (QED) is 0.423. The molecule has 0 spiro atoms. The zero-order valence-electron chi connectivity index (χ0n) is 20.1. The monoisotopic (exact) mass is 484 g/mol. The molecule has 2 aromatic carbocycles. The molecule has 0 bridgehead atoms. The second-order valence-electron chi connectivity index (χ2n) is 9.46. The molecule has 4 heterocycles. The van der Waals surface area contributed by atoms with Crippen molar-refractivity contribution in [2.45, 2.75) is 25.9 Å². The van der Waals surface area contributed by atoms with Gasteiger partial charge in [0.25, 0.3) is 0 Å². The van der Waals surface area contributed by atoms with Gasteiger partial charge in [-0.25, -0.2) is 4.68 Å². The SMILES string of the molecule is O=C(NCc1ccc2c(c1)OCO2)C1CCC[NH+](Cc2cnn(-c3ccccc3)c2-n2cccc2)C1. The number of carbonyl (C=O) groups is 1. The average Bonchev–Trinajstić information content (AvgIpc) is 3.68. The summed E-state index contributed by atoms with van der Waals surface area (Å²) in [5.74, 6) is 2.67. The van der Waals surface area contributed by atoms with E-state index in [0.717, 1.165) is 61.0 Å². The van der Waals surface area contributed by atoms with Gasteiger partial charge in [-0.3, -0.25) is 4.79 Å². The third-order valence-corrected chi connectivity index (χ3v) is 7.00. The molecule has 6 rings (SSSR count). The van der Waals surface area contributed by atoms with Crippen LogP contribution in [-0.4, -0.2) is 40.1 Å². The summed E-state index contributed by atoms with van der Waals surface area (Å²) < 4.78 is 14.9. The van der Waals surface area contributed by atoms with E-state index in [-0.39, 0.29) is 18.6 Å². The highest BCUT2D eigenvalue weighted by molar-refractivity contribution is 5.78. The van der Waals surface area contributed by atoms with Crippen LogP contribution in [0.2, 0.25) is 0 Å². The number of hydrogen-bond acceptors (Lipinski definition) is 4. The minimum atomic E-state index is 0.00181. The molecule has 2 atom stereocenters. The minimum absolute atomic E-state index is 0.00181. The van der Waals surface area contributed by atoms with Crippen molar-refractivity contribution in [3.63, 3.8) is 0 Å². The zero-order chi connectivity index (χ0) is 24.3. The number of para-hydroxylation sites is 1. The number of aromatic nitrogens is 3. The fourth-order valence-electron chi connectivity index (χ4n) is 5.20. The van der Waals surface area contributed by atoms with Gasteiger partial charge in [-0.05, 0) is 54.8 Å². The van der Waals surface area contributed by atoms with E-state index in [9.17, 15) is 4.79 Å². The van der Waals surface area contributed by atoms with E-state index in [2.05, 4.69) is 34.4 Å². The van der Waals surface area contributed by atoms with E-state index in [4.69, 9.17) is 14.6 Å². The first-order valence-electron chi connectivity index (χ1n) is 12.5. The lowest BCUT2D eigenvalue weighted by Crippen LogP contribution is -3.12. The highest BCUT2D eigenvalue weighted by Crippen LogP contribution is 2.32. The Balaban J connectivity index is 1.13. The molecule has 0 aliphatic carbocycles. The zero-order valence-corrected chi connectivity index (χ0v) is 20.1. The number of rotatable bonds is 7. The Morgan fingerprint density at radius 2 is 1.89 bits per heavy atom. The second-order valence-corrected chi connectivity index (χ2v) is 9.46. The maximum Gasteiger partial charge on any atom is 0.231 e. The molecular weight excluding hydrogens is 454 g/mol. The summed E-state index contributed by atoms with van der Waals surface area (Å²) in [4.78, 5) is 14.5. The number of benzene rings is 2. The van der Waals surface area contributed by atoms with Crippen LogP contribution in [0.3, 0.4) is 0 Å². The predicted molar refractivity (Wildman–Crippen MR) is 134 cm³/mol. The fourth-order valence-corrected chi connectivity index (χ4v) is 5.20. The van der Waals surface area contributed by atoms with Crippen LogP contribution in [0.1, 0.15) is 24.0 Å². The van der Waals surface area contributed by atoms with Crippen molar-refractivity contribution in [3.8, 4) is 23.0 Å². The van der Waals surface area contributed by atoms with Gasteiger partial charge in [0, 0.05) is 18.9 Å². The van der Waals surface area contributed by atoms with Crippen molar-refractivity contribution in [2.24, 2.45) is 5.92 Å². The highest BCUT2D eigenvalue weighted by Gasteiger charge is 2.30. The molecule has 0 saturated carbocycles. The summed E-state index contributed by atoms with van der Waals surface area (Å²) in [7, 11) is 0. The Hall–Kier alpha value is -4.04. The summed E-state index contributed by atoms with van der Waals surface area (Å²) >= 11 is 0. The van der Waals surface area contributed by atoms with Gasteiger partial charge >= 0.3 is 0 Å². The molecule has 1 saturated heterocycles. The lowest BCUT2D eigenvalue weighted by molar-refractivity contribution is -0.921. The number of nitrogens with one attached hydrogen (secondary N) is 2. The van der Waals surface area contributed by atoms with Gasteiger partial charge in [-0.1, -0.05) is 24.3 Å². The topological polar surface area (TPSA) is 74.8 Å². The number of likely N-dealkylation sites (tertiary alicyclic amines) is 1. The van der Waals surface area contributed by atoms with Crippen molar-refractivity contribution >= 4 is 5.91 Å². The maximum atomic E-state index is 13.0. The van der Waals surface area contributed by atoms with Gasteiger partial charge in [-0.2, -0.15) is 5.10 Å². The molecule has 2 aliphatic heterocycles. The third kappa shape index (κ3) is 4.59. The number of fused-ring (bicyclic) bond motifs is 1.